The topological polar surface area (TPSA) is 50.4 Å². The van der Waals surface area contributed by atoms with Crippen molar-refractivity contribution in [3.8, 4) is 0 Å². The first-order chi connectivity index (χ1) is 8.15. The summed E-state index contributed by atoms with van der Waals surface area (Å²) < 4.78 is 5.41. The molecule has 0 aliphatic carbocycles. The van der Waals surface area contributed by atoms with Gasteiger partial charge in [-0.3, -0.25) is 4.79 Å². The van der Waals surface area contributed by atoms with Crippen molar-refractivity contribution >= 4 is 5.91 Å². The van der Waals surface area contributed by atoms with E-state index in [1.807, 2.05) is 6.92 Å². The first kappa shape index (κ1) is 14.5. The molecule has 1 heterocycles. The fourth-order valence-electron chi connectivity index (χ4n) is 2.00. The Kier molecular flexibility index (Phi) is 6.52. The van der Waals surface area contributed by atoms with Crippen molar-refractivity contribution < 1.29 is 9.53 Å². The lowest BCUT2D eigenvalue weighted by Gasteiger charge is -2.27. The average Bonchev–Trinajstić information content (AvgIpc) is 2.35. The zero-order valence-corrected chi connectivity index (χ0v) is 11.3. The summed E-state index contributed by atoms with van der Waals surface area (Å²) in [4.78, 5) is 12.0. The van der Waals surface area contributed by atoms with Crippen molar-refractivity contribution in [3.05, 3.63) is 0 Å². The van der Waals surface area contributed by atoms with Crippen molar-refractivity contribution in [1.29, 1.82) is 0 Å². The normalized spacial score (nSPS) is 22.5. The third-order valence-corrected chi connectivity index (χ3v) is 3.26. The van der Waals surface area contributed by atoms with Crippen molar-refractivity contribution in [2.24, 2.45) is 5.92 Å². The number of hydrogen-bond acceptors (Lipinski definition) is 3. The summed E-state index contributed by atoms with van der Waals surface area (Å²) in [6, 6.07) is 0.109. The average molecular weight is 242 g/mol. The van der Waals surface area contributed by atoms with Crippen molar-refractivity contribution in [3.63, 3.8) is 0 Å². The Bertz CT molecular complexity index is 225. The second-order valence-electron chi connectivity index (χ2n) is 5.02. The maximum atomic E-state index is 12.0. The van der Waals surface area contributed by atoms with Crippen LogP contribution >= 0.6 is 0 Å². The van der Waals surface area contributed by atoms with Gasteiger partial charge < -0.3 is 15.4 Å². The maximum absolute atomic E-state index is 12.0. The van der Waals surface area contributed by atoms with Gasteiger partial charge in [-0.05, 0) is 32.2 Å². The molecular weight excluding hydrogens is 216 g/mol. The number of rotatable bonds is 6. The van der Waals surface area contributed by atoms with E-state index in [0.29, 0.717) is 19.1 Å². The first-order valence-electron chi connectivity index (χ1n) is 6.76. The van der Waals surface area contributed by atoms with Gasteiger partial charge in [0.25, 0.3) is 0 Å². The summed E-state index contributed by atoms with van der Waals surface area (Å²) in [5, 5.41) is 6.36. The molecule has 1 fully saturated rings. The van der Waals surface area contributed by atoms with E-state index in [1.54, 1.807) is 0 Å². The molecule has 1 unspecified atom stereocenters. The quantitative estimate of drug-likeness (QED) is 0.738. The summed E-state index contributed by atoms with van der Waals surface area (Å²) in [6.07, 6.45) is 3.27. The van der Waals surface area contributed by atoms with Gasteiger partial charge in [-0.15, -0.1) is 0 Å². The number of carbonyl (C=O) groups excluding carboxylic acids is 1. The molecule has 0 radical (unpaired) electrons. The molecule has 4 nitrogen and oxygen atoms in total. The summed E-state index contributed by atoms with van der Waals surface area (Å²) in [5.74, 6) is 0.525. The van der Waals surface area contributed by atoms with Crippen LogP contribution in [0.2, 0.25) is 0 Å². The molecule has 1 rings (SSSR count). The highest BCUT2D eigenvalue weighted by atomic mass is 16.5. The highest BCUT2D eigenvalue weighted by Crippen LogP contribution is 2.09. The highest BCUT2D eigenvalue weighted by Gasteiger charge is 2.24. The smallest absolute Gasteiger partial charge is 0.237 e. The number of nitrogens with one attached hydrogen (secondary N) is 2. The summed E-state index contributed by atoms with van der Waals surface area (Å²) in [5.41, 5.74) is 0. The van der Waals surface area contributed by atoms with Gasteiger partial charge in [0.15, 0.2) is 0 Å². The third kappa shape index (κ3) is 5.04. The molecule has 0 spiro atoms. The maximum Gasteiger partial charge on any atom is 0.237 e. The first-order valence-corrected chi connectivity index (χ1v) is 6.76. The van der Waals surface area contributed by atoms with E-state index in [9.17, 15) is 4.79 Å². The fraction of sp³-hybridized carbons (Fsp3) is 0.923. The number of hydrogen-bond donors (Lipinski definition) is 2. The Morgan fingerprint density at radius 3 is 2.76 bits per heavy atom. The Labute approximate surface area is 104 Å². The Balaban J connectivity index is 2.39. The van der Waals surface area contributed by atoms with Crippen LogP contribution in [0.3, 0.4) is 0 Å². The third-order valence-electron chi connectivity index (χ3n) is 3.26. The molecule has 1 saturated heterocycles. The van der Waals surface area contributed by atoms with Gasteiger partial charge in [0, 0.05) is 6.61 Å². The van der Waals surface area contributed by atoms with Crippen LogP contribution < -0.4 is 10.6 Å². The van der Waals surface area contributed by atoms with Crippen LogP contribution in [0, 0.1) is 5.92 Å². The van der Waals surface area contributed by atoms with Crippen LogP contribution in [0.1, 0.15) is 40.0 Å². The van der Waals surface area contributed by atoms with Gasteiger partial charge in [0.05, 0.1) is 18.7 Å². The van der Waals surface area contributed by atoms with Gasteiger partial charge in [-0.25, -0.2) is 0 Å². The van der Waals surface area contributed by atoms with Crippen molar-refractivity contribution in [2.75, 3.05) is 19.8 Å². The molecule has 2 N–H and O–H groups in total. The zero-order valence-electron chi connectivity index (χ0n) is 11.3. The lowest BCUT2D eigenvalue weighted by atomic mass is 10.0. The Morgan fingerprint density at radius 2 is 2.24 bits per heavy atom. The minimum absolute atomic E-state index is 0.00775. The van der Waals surface area contributed by atoms with E-state index in [-0.39, 0.29) is 18.0 Å². The van der Waals surface area contributed by atoms with Gasteiger partial charge in [-0.1, -0.05) is 20.3 Å². The monoisotopic (exact) mass is 242 g/mol. The molecule has 100 valence electrons. The molecule has 1 amide bonds. The molecule has 0 saturated carbocycles. The van der Waals surface area contributed by atoms with E-state index >= 15 is 0 Å². The van der Waals surface area contributed by atoms with Gasteiger partial charge in [0.1, 0.15) is 0 Å². The summed E-state index contributed by atoms with van der Waals surface area (Å²) in [7, 11) is 0. The molecule has 1 aliphatic rings. The van der Waals surface area contributed by atoms with Gasteiger partial charge >= 0.3 is 0 Å². The summed E-state index contributed by atoms with van der Waals surface area (Å²) >= 11 is 0. The molecule has 1 aliphatic heterocycles. The Morgan fingerprint density at radius 1 is 1.47 bits per heavy atom. The van der Waals surface area contributed by atoms with Crippen molar-refractivity contribution in [2.45, 2.75) is 52.1 Å². The predicted octanol–water partition coefficient (Wildman–Crippen LogP) is 1.31. The highest BCUT2D eigenvalue weighted by molar-refractivity contribution is 5.82. The molecule has 2 atom stereocenters. The second kappa shape index (κ2) is 7.67. The minimum atomic E-state index is -0.00775. The number of carbonyl (C=O) groups is 1. The number of amides is 1. The molecule has 0 bridgehead atoms. The van der Waals surface area contributed by atoms with Crippen LogP contribution in [0.4, 0.5) is 0 Å². The number of piperidine rings is 1. The van der Waals surface area contributed by atoms with Gasteiger partial charge in [-0.2, -0.15) is 0 Å². The molecule has 4 heteroatoms. The van der Waals surface area contributed by atoms with Crippen LogP contribution in [0.25, 0.3) is 0 Å². The second-order valence-corrected chi connectivity index (χ2v) is 5.02. The lowest BCUT2D eigenvalue weighted by Crippen LogP contribution is -2.52. The SMILES string of the molecule is CCOCC(NC(=O)[C@@H]1CCCCN1)C(C)C. The lowest BCUT2D eigenvalue weighted by molar-refractivity contribution is -0.125. The van der Waals surface area contributed by atoms with Crippen LogP contribution in [-0.4, -0.2) is 37.7 Å². The van der Waals surface area contributed by atoms with Crippen LogP contribution in [0.15, 0.2) is 0 Å². The molecule has 0 aromatic carbocycles. The minimum Gasteiger partial charge on any atom is -0.380 e. The standard InChI is InChI=1S/C13H26N2O2/c1-4-17-9-12(10(2)3)15-13(16)11-7-5-6-8-14-11/h10-12,14H,4-9H2,1-3H3,(H,15,16)/t11-,12?/m0/s1. The van der Waals surface area contributed by atoms with E-state index < -0.39 is 0 Å². The van der Waals surface area contributed by atoms with Crippen molar-refractivity contribution in [1.82, 2.24) is 10.6 Å². The van der Waals surface area contributed by atoms with Gasteiger partial charge in [0.2, 0.25) is 5.91 Å². The largest absolute Gasteiger partial charge is 0.380 e. The number of ether oxygens (including phenoxy) is 1. The predicted molar refractivity (Wildman–Crippen MR) is 68.9 cm³/mol. The Hall–Kier alpha value is -0.610. The summed E-state index contributed by atoms with van der Waals surface area (Å²) in [6.45, 7) is 8.45. The van der Waals surface area contributed by atoms with E-state index in [1.165, 1.54) is 6.42 Å². The fourth-order valence-corrected chi connectivity index (χ4v) is 2.00. The van der Waals surface area contributed by atoms with E-state index in [2.05, 4.69) is 24.5 Å². The molecule has 0 aromatic rings. The molecule has 0 aromatic heterocycles. The van der Waals surface area contributed by atoms with Crippen LogP contribution in [-0.2, 0) is 9.53 Å². The molecule has 17 heavy (non-hydrogen) atoms. The van der Waals surface area contributed by atoms with E-state index in [4.69, 9.17) is 4.74 Å². The van der Waals surface area contributed by atoms with Crippen LogP contribution in [0.5, 0.6) is 0 Å². The molecular formula is C13H26N2O2. The van der Waals surface area contributed by atoms with E-state index in [0.717, 1.165) is 19.4 Å². The zero-order chi connectivity index (χ0) is 12.7.